The minimum atomic E-state index is -0.184. The van der Waals surface area contributed by atoms with Gasteiger partial charge in [-0.1, -0.05) is 25.3 Å². The summed E-state index contributed by atoms with van der Waals surface area (Å²) in [4.78, 5) is 29.5. The molecule has 2 N–H and O–H groups in total. The molecule has 0 saturated heterocycles. The molecule has 0 radical (unpaired) electrons. The van der Waals surface area contributed by atoms with Crippen LogP contribution in [0.3, 0.4) is 0 Å². The van der Waals surface area contributed by atoms with Crippen LogP contribution in [0, 0.1) is 0 Å². The summed E-state index contributed by atoms with van der Waals surface area (Å²) < 4.78 is 1.94. The van der Waals surface area contributed by atoms with Crippen LogP contribution in [0.25, 0.3) is 0 Å². The van der Waals surface area contributed by atoms with Crippen LogP contribution in [-0.2, 0) is 11.2 Å². The lowest BCUT2D eigenvalue weighted by Gasteiger charge is -2.23. The molecule has 1 aliphatic carbocycles. The average molecular weight is 416 g/mol. The highest BCUT2D eigenvalue weighted by Gasteiger charge is 2.19. The first kappa shape index (κ1) is 18.8. The van der Waals surface area contributed by atoms with Crippen molar-refractivity contribution in [3.05, 3.63) is 45.7 Å². The molecule has 9 heteroatoms. The lowest BCUT2D eigenvalue weighted by Crippen LogP contribution is -2.21. The number of thiophene rings is 1. The Morgan fingerprint density at radius 3 is 2.79 bits per heavy atom. The average Bonchev–Trinajstić information content (AvgIpc) is 3.44. The summed E-state index contributed by atoms with van der Waals surface area (Å²) in [5, 5.41) is 14.3. The molecule has 1 saturated carbocycles. The number of aromatic nitrogens is 3. The summed E-state index contributed by atoms with van der Waals surface area (Å²) in [6.45, 7) is 0. The van der Waals surface area contributed by atoms with Gasteiger partial charge in [0.15, 0.2) is 5.13 Å². The minimum Gasteiger partial charge on any atom is -0.311 e. The number of hydrogen-bond donors (Lipinski definition) is 2. The topological polar surface area (TPSA) is 88.9 Å². The van der Waals surface area contributed by atoms with E-state index in [1.54, 1.807) is 17.6 Å². The molecule has 0 aromatic carbocycles. The van der Waals surface area contributed by atoms with Crippen LogP contribution < -0.4 is 10.6 Å². The summed E-state index contributed by atoms with van der Waals surface area (Å²) in [5.41, 5.74) is 0.632. The molecule has 7 nitrogen and oxygen atoms in total. The number of nitrogens with zero attached hydrogens (tertiary/aromatic N) is 3. The van der Waals surface area contributed by atoms with Crippen LogP contribution in [0.15, 0.2) is 35.2 Å². The Labute approximate surface area is 170 Å². The van der Waals surface area contributed by atoms with E-state index in [2.05, 4.69) is 20.7 Å². The molecule has 3 aromatic heterocycles. The summed E-state index contributed by atoms with van der Waals surface area (Å²) >= 11 is 2.69. The molecule has 146 valence electrons. The molecule has 1 aliphatic rings. The van der Waals surface area contributed by atoms with Gasteiger partial charge in [-0.25, -0.2) is 9.67 Å². The maximum absolute atomic E-state index is 12.5. The molecule has 0 atom stereocenters. The molecule has 1 fully saturated rings. The van der Waals surface area contributed by atoms with Crippen molar-refractivity contribution in [2.45, 2.75) is 44.6 Å². The predicted molar refractivity (Wildman–Crippen MR) is 111 cm³/mol. The highest BCUT2D eigenvalue weighted by Crippen LogP contribution is 2.30. The van der Waals surface area contributed by atoms with Gasteiger partial charge in [0.2, 0.25) is 5.91 Å². The third kappa shape index (κ3) is 4.48. The van der Waals surface area contributed by atoms with Crippen LogP contribution in [0.1, 0.15) is 53.5 Å². The number of hydrogen-bond acceptors (Lipinski definition) is 6. The Kier molecular flexibility index (Phi) is 5.82. The Balaban J connectivity index is 1.34. The quantitative estimate of drug-likeness (QED) is 0.627. The summed E-state index contributed by atoms with van der Waals surface area (Å²) in [6.07, 6.45) is 7.77. The second-order valence-corrected chi connectivity index (χ2v) is 8.56. The van der Waals surface area contributed by atoms with Crippen molar-refractivity contribution in [2.75, 3.05) is 10.6 Å². The molecule has 28 heavy (non-hydrogen) atoms. The molecular weight excluding hydrogens is 394 g/mol. The van der Waals surface area contributed by atoms with Crippen LogP contribution in [0.4, 0.5) is 10.9 Å². The van der Waals surface area contributed by atoms with Gasteiger partial charge in [0.25, 0.3) is 5.91 Å². The van der Waals surface area contributed by atoms with Gasteiger partial charge in [-0.3, -0.25) is 14.9 Å². The lowest BCUT2D eigenvalue weighted by atomic mass is 9.96. The fraction of sp³-hybridized carbons (Fsp3) is 0.368. The number of nitrogens with one attached hydrogen (secondary N) is 2. The highest BCUT2D eigenvalue weighted by molar-refractivity contribution is 7.14. The van der Waals surface area contributed by atoms with E-state index in [-0.39, 0.29) is 18.2 Å². The molecule has 0 bridgehead atoms. The number of anilines is 2. The van der Waals surface area contributed by atoms with Crippen molar-refractivity contribution in [2.24, 2.45) is 0 Å². The van der Waals surface area contributed by atoms with E-state index in [0.29, 0.717) is 21.7 Å². The lowest BCUT2D eigenvalue weighted by molar-refractivity contribution is -0.115. The maximum Gasteiger partial charge on any atom is 0.267 e. The van der Waals surface area contributed by atoms with Crippen molar-refractivity contribution in [3.63, 3.8) is 0 Å². The highest BCUT2D eigenvalue weighted by atomic mass is 32.1. The van der Waals surface area contributed by atoms with E-state index >= 15 is 0 Å². The van der Waals surface area contributed by atoms with Gasteiger partial charge in [-0.05, 0) is 24.3 Å². The maximum atomic E-state index is 12.5. The second kappa shape index (κ2) is 8.66. The molecule has 0 unspecified atom stereocenters. The molecule has 4 rings (SSSR count). The monoisotopic (exact) mass is 415 g/mol. The van der Waals surface area contributed by atoms with Gasteiger partial charge in [0.05, 0.1) is 29.2 Å². The molecule has 2 amide bonds. The summed E-state index contributed by atoms with van der Waals surface area (Å²) in [6, 6.07) is 5.78. The smallest absolute Gasteiger partial charge is 0.267 e. The van der Waals surface area contributed by atoms with Gasteiger partial charge in [-0.2, -0.15) is 5.10 Å². The van der Waals surface area contributed by atoms with Crippen LogP contribution in [0.5, 0.6) is 0 Å². The zero-order valence-corrected chi connectivity index (χ0v) is 16.9. The van der Waals surface area contributed by atoms with Gasteiger partial charge >= 0.3 is 0 Å². The number of carbonyl (C=O) groups excluding carboxylic acids is 2. The van der Waals surface area contributed by atoms with Crippen molar-refractivity contribution >= 4 is 45.4 Å². The Morgan fingerprint density at radius 1 is 1.14 bits per heavy atom. The number of amides is 2. The zero-order valence-electron chi connectivity index (χ0n) is 15.3. The van der Waals surface area contributed by atoms with E-state index in [4.69, 9.17) is 0 Å². The standard InChI is InChI=1S/C19H21N5O2S2/c25-17(22-16-8-9-20-24(16)14-5-2-1-3-6-14)11-13-12-28-19(21-13)23-18(26)15-7-4-10-27-15/h4,7-10,12,14H,1-3,5-6,11H2,(H,22,25)(H,21,23,26). The van der Waals surface area contributed by atoms with Crippen LogP contribution >= 0.6 is 22.7 Å². The van der Waals surface area contributed by atoms with E-state index < -0.39 is 0 Å². The molecule has 3 aromatic rings. The van der Waals surface area contributed by atoms with E-state index in [0.717, 1.165) is 18.7 Å². The van der Waals surface area contributed by atoms with E-state index in [1.165, 1.54) is 41.9 Å². The third-order valence-electron chi connectivity index (χ3n) is 4.72. The van der Waals surface area contributed by atoms with Gasteiger partial charge in [-0.15, -0.1) is 22.7 Å². The molecule has 3 heterocycles. The van der Waals surface area contributed by atoms with Gasteiger partial charge in [0.1, 0.15) is 5.82 Å². The number of thiazole rings is 1. The normalized spacial score (nSPS) is 14.7. The molecule has 0 aliphatic heterocycles. The van der Waals surface area contributed by atoms with E-state index in [9.17, 15) is 9.59 Å². The van der Waals surface area contributed by atoms with Gasteiger partial charge < -0.3 is 5.32 Å². The fourth-order valence-corrected chi connectivity index (χ4v) is 4.72. The van der Waals surface area contributed by atoms with Crippen molar-refractivity contribution in [3.8, 4) is 0 Å². The zero-order chi connectivity index (χ0) is 19.3. The van der Waals surface area contributed by atoms with Crippen molar-refractivity contribution < 1.29 is 9.59 Å². The van der Waals surface area contributed by atoms with Crippen LogP contribution in [0.2, 0.25) is 0 Å². The predicted octanol–water partition coefficient (Wildman–Crippen LogP) is 4.34. The van der Waals surface area contributed by atoms with E-state index in [1.807, 2.05) is 22.2 Å². The minimum absolute atomic E-state index is 0.140. The number of rotatable bonds is 6. The molecular formula is C19H21N5O2S2. The second-order valence-electron chi connectivity index (χ2n) is 6.75. The molecule has 0 spiro atoms. The van der Waals surface area contributed by atoms with Crippen molar-refractivity contribution in [1.82, 2.24) is 14.8 Å². The first-order valence-electron chi connectivity index (χ1n) is 9.31. The first-order valence-corrected chi connectivity index (χ1v) is 11.1. The Bertz CT molecular complexity index is 941. The number of carbonyl (C=O) groups is 2. The SMILES string of the molecule is O=C(Cc1csc(NC(=O)c2cccs2)n1)Nc1ccnn1C1CCCCC1. The Morgan fingerprint density at radius 2 is 2.00 bits per heavy atom. The summed E-state index contributed by atoms with van der Waals surface area (Å²) in [5.74, 6) is 0.411. The van der Waals surface area contributed by atoms with Crippen LogP contribution in [-0.4, -0.2) is 26.6 Å². The third-order valence-corrected chi connectivity index (χ3v) is 6.39. The fourth-order valence-electron chi connectivity index (χ4n) is 3.39. The largest absolute Gasteiger partial charge is 0.311 e. The van der Waals surface area contributed by atoms with Crippen molar-refractivity contribution in [1.29, 1.82) is 0 Å². The first-order chi connectivity index (χ1) is 13.7. The Hall–Kier alpha value is -2.52. The van der Waals surface area contributed by atoms with Gasteiger partial charge in [0, 0.05) is 11.4 Å². The summed E-state index contributed by atoms with van der Waals surface area (Å²) in [7, 11) is 0.